The lowest BCUT2D eigenvalue weighted by Crippen LogP contribution is -2.33. The van der Waals surface area contributed by atoms with Crippen LogP contribution in [0.5, 0.6) is 0 Å². The number of benzene rings is 2. The molecule has 0 heterocycles. The van der Waals surface area contributed by atoms with Crippen LogP contribution < -0.4 is 5.32 Å². The second kappa shape index (κ2) is 5.14. The average molecular weight is 287 g/mol. The van der Waals surface area contributed by atoms with Gasteiger partial charge in [-0.15, -0.1) is 0 Å². The number of hydrogen-bond acceptors (Lipinski definition) is 1. The van der Waals surface area contributed by atoms with Gasteiger partial charge in [-0.05, 0) is 47.6 Å². The smallest absolute Gasteiger partial charge is 0.146 e. The summed E-state index contributed by atoms with van der Waals surface area (Å²) >= 11 is 0. The third-order valence-electron chi connectivity index (χ3n) is 4.41. The maximum atomic E-state index is 13.9. The van der Waals surface area contributed by atoms with E-state index in [2.05, 4.69) is 31.3 Å². The van der Waals surface area contributed by atoms with E-state index in [1.54, 1.807) is 0 Å². The lowest BCUT2D eigenvalue weighted by Gasteiger charge is -2.41. The van der Waals surface area contributed by atoms with Gasteiger partial charge in [0.2, 0.25) is 0 Å². The first-order valence-corrected chi connectivity index (χ1v) is 7.27. The van der Waals surface area contributed by atoms with Crippen molar-refractivity contribution in [3.05, 3.63) is 65.2 Å². The van der Waals surface area contributed by atoms with E-state index in [0.29, 0.717) is 0 Å². The maximum Gasteiger partial charge on any atom is 0.146 e. The fraction of sp³-hybridized carbons (Fsp3) is 0.333. The van der Waals surface area contributed by atoms with E-state index in [-0.39, 0.29) is 17.1 Å². The van der Waals surface area contributed by atoms with Gasteiger partial charge in [0.05, 0.1) is 11.7 Å². The molecule has 0 aromatic heterocycles. The van der Waals surface area contributed by atoms with Crippen LogP contribution in [-0.2, 0) is 6.42 Å². The number of aryl methyl sites for hydroxylation is 1. The molecule has 0 spiro atoms. The van der Waals surface area contributed by atoms with Crippen LogP contribution in [0, 0.1) is 17.0 Å². The third kappa shape index (κ3) is 2.65. The van der Waals surface area contributed by atoms with Gasteiger partial charge in [0.1, 0.15) is 11.6 Å². The highest BCUT2D eigenvalue weighted by Crippen LogP contribution is 2.45. The van der Waals surface area contributed by atoms with Gasteiger partial charge in [-0.3, -0.25) is 0 Å². The van der Waals surface area contributed by atoms with Crippen molar-refractivity contribution in [3.8, 4) is 0 Å². The van der Waals surface area contributed by atoms with Gasteiger partial charge in [-0.1, -0.05) is 38.1 Å². The Balaban J connectivity index is 2.01. The zero-order chi connectivity index (χ0) is 15.0. The summed E-state index contributed by atoms with van der Waals surface area (Å²) in [5, 5.41) is 3.22. The zero-order valence-corrected chi connectivity index (χ0v) is 12.3. The molecule has 110 valence electrons. The Morgan fingerprint density at radius 2 is 1.86 bits per heavy atom. The first kappa shape index (κ1) is 14.1. The van der Waals surface area contributed by atoms with Crippen LogP contribution in [0.1, 0.15) is 37.4 Å². The minimum Gasteiger partial charge on any atom is -0.375 e. The molecule has 3 heteroatoms. The number of rotatable bonds is 2. The first-order chi connectivity index (χ1) is 9.97. The Kier molecular flexibility index (Phi) is 3.44. The normalized spacial score (nSPS) is 19.9. The van der Waals surface area contributed by atoms with Crippen LogP contribution in [0.2, 0.25) is 0 Å². The lowest BCUT2D eigenvalue weighted by molar-refractivity contribution is 0.265. The van der Waals surface area contributed by atoms with Gasteiger partial charge in [0.25, 0.3) is 0 Å². The highest BCUT2D eigenvalue weighted by Gasteiger charge is 2.36. The molecule has 0 radical (unpaired) electrons. The van der Waals surface area contributed by atoms with Crippen molar-refractivity contribution in [3.63, 3.8) is 0 Å². The lowest BCUT2D eigenvalue weighted by atomic mass is 9.70. The van der Waals surface area contributed by atoms with Crippen LogP contribution in [0.4, 0.5) is 14.5 Å². The fourth-order valence-corrected chi connectivity index (χ4v) is 3.10. The number of hydrogen-bond donors (Lipinski definition) is 1. The molecule has 1 atom stereocenters. The Bertz CT molecular complexity index is 664. The highest BCUT2D eigenvalue weighted by molar-refractivity contribution is 5.49. The molecule has 0 saturated carbocycles. The van der Waals surface area contributed by atoms with E-state index in [1.807, 2.05) is 12.1 Å². The third-order valence-corrected chi connectivity index (χ3v) is 4.41. The van der Waals surface area contributed by atoms with E-state index >= 15 is 0 Å². The average Bonchev–Trinajstić information content (AvgIpc) is 2.46. The van der Waals surface area contributed by atoms with Crippen molar-refractivity contribution in [1.82, 2.24) is 0 Å². The molecule has 0 fully saturated rings. The molecule has 1 unspecified atom stereocenters. The van der Waals surface area contributed by atoms with Gasteiger partial charge >= 0.3 is 0 Å². The van der Waals surface area contributed by atoms with Crippen LogP contribution >= 0.6 is 0 Å². The standard InChI is InChI=1S/C18H19F2N/c1-18(2)10-9-12-5-3-4-6-14(12)17(18)21-16-11-13(19)7-8-15(16)20/h3-8,11,17,21H,9-10H2,1-2H3. The Morgan fingerprint density at radius 3 is 2.67 bits per heavy atom. The number of halogens is 2. The summed E-state index contributed by atoms with van der Waals surface area (Å²) in [6.45, 7) is 4.33. The van der Waals surface area contributed by atoms with Crippen molar-refractivity contribution in [2.24, 2.45) is 5.41 Å². The molecule has 1 nitrogen and oxygen atoms in total. The molecule has 1 aliphatic rings. The topological polar surface area (TPSA) is 12.0 Å². The molecule has 2 aromatic rings. The number of anilines is 1. The molecule has 1 aliphatic carbocycles. The Morgan fingerprint density at radius 1 is 1.10 bits per heavy atom. The van der Waals surface area contributed by atoms with Gasteiger partial charge in [0, 0.05) is 0 Å². The highest BCUT2D eigenvalue weighted by atomic mass is 19.1. The summed E-state index contributed by atoms with van der Waals surface area (Å²) in [5.74, 6) is -0.851. The molecular weight excluding hydrogens is 268 g/mol. The number of fused-ring (bicyclic) bond motifs is 1. The summed E-state index contributed by atoms with van der Waals surface area (Å²) in [4.78, 5) is 0. The summed E-state index contributed by atoms with van der Waals surface area (Å²) in [6, 6.07) is 11.7. The molecule has 0 amide bonds. The molecule has 3 rings (SSSR count). The molecule has 0 saturated heterocycles. The summed E-state index contributed by atoms with van der Waals surface area (Å²) in [5.41, 5.74) is 2.67. The second-order valence-electron chi connectivity index (χ2n) is 6.39. The minimum atomic E-state index is -0.430. The van der Waals surface area contributed by atoms with Crippen LogP contribution in [0.3, 0.4) is 0 Å². The molecule has 0 aliphatic heterocycles. The van der Waals surface area contributed by atoms with E-state index < -0.39 is 11.6 Å². The predicted octanol–water partition coefficient (Wildman–Crippen LogP) is 5.09. The van der Waals surface area contributed by atoms with Gasteiger partial charge < -0.3 is 5.32 Å². The number of nitrogens with one attached hydrogen (secondary N) is 1. The summed E-state index contributed by atoms with van der Waals surface area (Å²) in [7, 11) is 0. The summed E-state index contributed by atoms with van der Waals surface area (Å²) < 4.78 is 27.3. The largest absolute Gasteiger partial charge is 0.375 e. The molecule has 1 N–H and O–H groups in total. The quantitative estimate of drug-likeness (QED) is 0.811. The van der Waals surface area contributed by atoms with Crippen molar-refractivity contribution in [1.29, 1.82) is 0 Å². The Labute approximate surface area is 124 Å². The first-order valence-electron chi connectivity index (χ1n) is 7.27. The second-order valence-corrected chi connectivity index (χ2v) is 6.39. The van der Waals surface area contributed by atoms with Crippen molar-refractivity contribution in [2.45, 2.75) is 32.7 Å². The van der Waals surface area contributed by atoms with Crippen molar-refractivity contribution >= 4 is 5.69 Å². The summed E-state index contributed by atoms with van der Waals surface area (Å²) in [6.07, 6.45) is 2.03. The van der Waals surface area contributed by atoms with Crippen molar-refractivity contribution < 1.29 is 8.78 Å². The Hall–Kier alpha value is -1.90. The minimum absolute atomic E-state index is 0.0207. The monoisotopic (exact) mass is 287 g/mol. The maximum absolute atomic E-state index is 13.9. The van der Waals surface area contributed by atoms with E-state index in [4.69, 9.17) is 0 Å². The predicted molar refractivity (Wildman–Crippen MR) is 81.3 cm³/mol. The van der Waals surface area contributed by atoms with E-state index in [1.165, 1.54) is 23.3 Å². The van der Waals surface area contributed by atoms with Crippen molar-refractivity contribution in [2.75, 3.05) is 5.32 Å². The van der Waals surface area contributed by atoms with E-state index in [9.17, 15) is 8.78 Å². The van der Waals surface area contributed by atoms with Crippen LogP contribution in [0.25, 0.3) is 0 Å². The fourth-order valence-electron chi connectivity index (χ4n) is 3.10. The van der Waals surface area contributed by atoms with E-state index in [0.717, 1.165) is 18.9 Å². The van der Waals surface area contributed by atoms with Crippen LogP contribution in [0.15, 0.2) is 42.5 Å². The van der Waals surface area contributed by atoms with Gasteiger partial charge in [0.15, 0.2) is 0 Å². The molecule has 2 aromatic carbocycles. The molecule has 0 bridgehead atoms. The SMILES string of the molecule is CC1(C)CCc2ccccc2C1Nc1cc(F)ccc1F. The van der Waals surface area contributed by atoms with Gasteiger partial charge in [-0.2, -0.15) is 0 Å². The molecular formula is C18H19F2N. The zero-order valence-electron chi connectivity index (χ0n) is 12.3. The van der Waals surface area contributed by atoms with Gasteiger partial charge in [-0.25, -0.2) is 8.78 Å². The molecule has 21 heavy (non-hydrogen) atoms. The van der Waals surface area contributed by atoms with Crippen LogP contribution in [-0.4, -0.2) is 0 Å².